The molecule has 2 heterocycles. The molecule has 0 radical (unpaired) electrons. The fraction of sp³-hybridized carbons (Fsp3) is 0.0500. The predicted molar refractivity (Wildman–Crippen MR) is 113 cm³/mol. The van der Waals surface area contributed by atoms with Gasteiger partial charge in [-0.15, -0.1) is 0 Å². The van der Waals surface area contributed by atoms with Gasteiger partial charge in [0.05, 0.1) is 11.4 Å². The standard InChI is InChI=1S/C20H17N3O5S2/c21-16-7-3-5-14(11-16)13-29(24,25)20-17(8-4-10-22-20)23-30(26,27)19-12-15-6-1-2-9-18(15)28-19/h1-12,23H,13,21H2. The zero-order valence-corrected chi connectivity index (χ0v) is 17.2. The highest BCUT2D eigenvalue weighted by atomic mass is 32.2. The molecule has 2 aromatic heterocycles. The number of fused-ring (bicyclic) bond motifs is 1. The third kappa shape index (κ3) is 4.00. The molecule has 0 unspecified atom stereocenters. The molecule has 0 aliphatic heterocycles. The number of furan rings is 1. The Morgan fingerprint density at radius 1 is 0.933 bits per heavy atom. The summed E-state index contributed by atoms with van der Waals surface area (Å²) < 4.78 is 59.2. The fourth-order valence-corrected chi connectivity index (χ4v) is 5.50. The van der Waals surface area contributed by atoms with Crippen molar-refractivity contribution in [2.75, 3.05) is 10.5 Å². The summed E-state index contributed by atoms with van der Waals surface area (Å²) in [5.74, 6) is -0.381. The van der Waals surface area contributed by atoms with Gasteiger partial charge in [-0.05, 0) is 35.9 Å². The Morgan fingerprint density at radius 3 is 2.50 bits per heavy atom. The van der Waals surface area contributed by atoms with Crippen LogP contribution in [0.4, 0.5) is 11.4 Å². The topological polar surface area (TPSA) is 132 Å². The van der Waals surface area contributed by atoms with Crippen LogP contribution in [-0.4, -0.2) is 21.8 Å². The second kappa shape index (κ2) is 7.47. The van der Waals surface area contributed by atoms with Gasteiger partial charge in [-0.2, -0.15) is 8.42 Å². The quantitative estimate of drug-likeness (QED) is 0.437. The van der Waals surface area contributed by atoms with Gasteiger partial charge >= 0.3 is 0 Å². The molecule has 154 valence electrons. The number of sulfone groups is 1. The lowest BCUT2D eigenvalue weighted by atomic mass is 10.2. The zero-order chi connectivity index (χ0) is 21.4. The van der Waals surface area contributed by atoms with Gasteiger partial charge in [-0.25, -0.2) is 13.4 Å². The number of nitrogens with one attached hydrogen (secondary N) is 1. The molecule has 0 saturated carbocycles. The van der Waals surface area contributed by atoms with E-state index in [0.29, 0.717) is 22.2 Å². The highest BCUT2D eigenvalue weighted by Gasteiger charge is 2.26. The maximum absolute atomic E-state index is 12.9. The van der Waals surface area contributed by atoms with Gasteiger partial charge in [0.15, 0.2) is 5.03 Å². The first-order chi connectivity index (χ1) is 14.2. The van der Waals surface area contributed by atoms with Gasteiger partial charge in [-0.3, -0.25) is 4.72 Å². The second-order valence-electron chi connectivity index (χ2n) is 6.57. The van der Waals surface area contributed by atoms with E-state index in [-0.39, 0.29) is 21.6 Å². The summed E-state index contributed by atoms with van der Waals surface area (Å²) in [6.45, 7) is 0. The third-order valence-corrected chi connectivity index (χ3v) is 7.13. The SMILES string of the molecule is Nc1cccc(CS(=O)(=O)c2ncccc2NS(=O)(=O)c2cc3ccccc3o2)c1. The number of sulfonamides is 1. The van der Waals surface area contributed by atoms with Gasteiger partial charge < -0.3 is 10.2 Å². The Bertz CT molecular complexity index is 1410. The van der Waals surface area contributed by atoms with Crippen LogP contribution >= 0.6 is 0 Å². The van der Waals surface area contributed by atoms with E-state index in [1.54, 1.807) is 48.5 Å². The maximum Gasteiger partial charge on any atom is 0.295 e. The van der Waals surface area contributed by atoms with Gasteiger partial charge in [0, 0.05) is 23.3 Å². The molecule has 0 bridgehead atoms. The van der Waals surface area contributed by atoms with Crippen molar-refractivity contribution in [2.45, 2.75) is 15.9 Å². The number of anilines is 2. The first-order valence-corrected chi connectivity index (χ1v) is 11.9. The smallest absolute Gasteiger partial charge is 0.295 e. The van der Waals surface area contributed by atoms with E-state index < -0.39 is 19.9 Å². The summed E-state index contributed by atoms with van der Waals surface area (Å²) in [4.78, 5) is 3.91. The number of hydrogen-bond acceptors (Lipinski definition) is 7. The van der Waals surface area contributed by atoms with Gasteiger partial charge in [0.25, 0.3) is 10.0 Å². The molecule has 0 spiro atoms. The summed E-state index contributed by atoms with van der Waals surface area (Å²) in [6, 6.07) is 17.4. The first-order valence-electron chi connectivity index (χ1n) is 8.78. The van der Waals surface area contributed by atoms with Gasteiger partial charge in [0.2, 0.25) is 14.9 Å². The van der Waals surface area contributed by atoms with Crippen LogP contribution in [0.1, 0.15) is 5.56 Å². The molecule has 2 aromatic carbocycles. The van der Waals surface area contributed by atoms with Crippen LogP contribution in [0, 0.1) is 0 Å². The number of nitrogen functional groups attached to an aromatic ring is 1. The van der Waals surface area contributed by atoms with Crippen molar-refractivity contribution >= 4 is 42.2 Å². The lowest BCUT2D eigenvalue weighted by Crippen LogP contribution is -2.16. The van der Waals surface area contributed by atoms with Crippen LogP contribution in [-0.2, 0) is 25.6 Å². The highest BCUT2D eigenvalue weighted by molar-refractivity contribution is 7.93. The van der Waals surface area contributed by atoms with E-state index in [2.05, 4.69) is 9.71 Å². The van der Waals surface area contributed by atoms with Crippen molar-refractivity contribution in [1.29, 1.82) is 0 Å². The lowest BCUT2D eigenvalue weighted by Gasteiger charge is -2.11. The van der Waals surface area contributed by atoms with E-state index >= 15 is 0 Å². The van der Waals surface area contributed by atoms with Crippen LogP contribution in [0.15, 0.2) is 87.5 Å². The van der Waals surface area contributed by atoms with Crippen molar-refractivity contribution in [3.63, 3.8) is 0 Å². The minimum Gasteiger partial charge on any atom is -0.443 e. The Balaban J connectivity index is 1.69. The van der Waals surface area contributed by atoms with E-state index in [9.17, 15) is 16.8 Å². The Kier molecular flexibility index (Phi) is 4.96. The second-order valence-corrected chi connectivity index (χ2v) is 10.1. The number of benzene rings is 2. The number of aromatic nitrogens is 1. The molecule has 0 amide bonds. The molecule has 0 aliphatic carbocycles. The number of rotatable bonds is 6. The normalized spacial score (nSPS) is 12.1. The average molecular weight is 444 g/mol. The zero-order valence-electron chi connectivity index (χ0n) is 15.5. The van der Waals surface area contributed by atoms with Crippen LogP contribution in [0.3, 0.4) is 0 Å². The molecule has 0 atom stereocenters. The predicted octanol–water partition coefficient (Wildman–Crippen LogP) is 3.18. The van der Waals surface area contributed by atoms with Crippen molar-refractivity contribution in [3.05, 3.63) is 78.5 Å². The number of nitrogens with two attached hydrogens (primary N) is 1. The Morgan fingerprint density at radius 2 is 1.73 bits per heavy atom. The molecule has 0 saturated heterocycles. The van der Waals surface area contributed by atoms with Crippen LogP contribution in [0.25, 0.3) is 11.0 Å². The summed E-state index contributed by atoms with van der Waals surface area (Å²) in [6.07, 6.45) is 1.28. The molecule has 0 fully saturated rings. The number of para-hydroxylation sites is 1. The van der Waals surface area contributed by atoms with Crippen molar-refractivity contribution in [1.82, 2.24) is 4.98 Å². The van der Waals surface area contributed by atoms with Crippen molar-refractivity contribution in [2.24, 2.45) is 0 Å². The van der Waals surface area contributed by atoms with E-state index in [1.807, 2.05) is 0 Å². The molecule has 3 N–H and O–H groups in total. The summed E-state index contributed by atoms with van der Waals surface area (Å²) in [5.41, 5.74) is 6.84. The number of pyridine rings is 1. The summed E-state index contributed by atoms with van der Waals surface area (Å²) >= 11 is 0. The average Bonchev–Trinajstić information content (AvgIpc) is 3.13. The van der Waals surface area contributed by atoms with Crippen molar-refractivity contribution in [3.8, 4) is 0 Å². The largest absolute Gasteiger partial charge is 0.443 e. The monoisotopic (exact) mass is 443 g/mol. The molecule has 10 heteroatoms. The van der Waals surface area contributed by atoms with E-state index in [4.69, 9.17) is 10.2 Å². The molecular formula is C20H17N3O5S2. The van der Waals surface area contributed by atoms with Crippen LogP contribution < -0.4 is 10.5 Å². The minimum absolute atomic E-state index is 0.165. The minimum atomic E-state index is -4.18. The van der Waals surface area contributed by atoms with Crippen LogP contribution in [0.5, 0.6) is 0 Å². The third-order valence-electron chi connectivity index (χ3n) is 4.29. The molecular weight excluding hydrogens is 426 g/mol. The van der Waals surface area contributed by atoms with Crippen molar-refractivity contribution < 1.29 is 21.3 Å². The molecule has 8 nitrogen and oxygen atoms in total. The van der Waals surface area contributed by atoms with E-state index in [0.717, 1.165) is 0 Å². The van der Waals surface area contributed by atoms with E-state index in [1.165, 1.54) is 24.4 Å². The Labute approximate surface area is 173 Å². The van der Waals surface area contributed by atoms with Gasteiger partial charge in [0.1, 0.15) is 5.58 Å². The molecule has 4 aromatic rings. The summed E-state index contributed by atoms with van der Waals surface area (Å²) in [5, 5.41) is -0.0996. The fourth-order valence-electron chi connectivity index (χ4n) is 2.97. The molecule has 4 rings (SSSR count). The number of hydrogen-bond donors (Lipinski definition) is 2. The van der Waals surface area contributed by atoms with Gasteiger partial charge in [-0.1, -0.05) is 30.3 Å². The molecule has 0 aliphatic rings. The first kappa shape index (κ1) is 19.9. The Hall–Kier alpha value is -3.37. The highest BCUT2D eigenvalue weighted by Crippen LogP contribution is 2.28. The number of nitrogens with zero attached hydrogens (tertiary/aromatic N) is 1. The summed E-state index contributed by atoms with van der Waals surface area (Å²) in [7, 11) is -8.14. The molecule has 30 heavy (non-hydrogen) atoms. The maximum atomic E-state index is 12.9. The lowest BCUT2D eigenvalue weighted by molar-refractivity contribution is 0.484. The van der Waals surface area contributed by atoms with Crippen LogP contribution in [0.2, 0.25) is 0 Å².